The van der Waals surface area contributed by atoms with Crippen LogP contribution in [0.3, 0.4) is 0 Å². The van der Waals surface area contributed by atoms with E-state index in [0.29, 0.717) is 0 Å². The van der Waals surface area contributed by atoms with Crippen LogP contribution < -0.4 is 5.32 Å². The molecule has 1 spiro atoms. The topological polar surface area (TPSA) is 50.2 Å². The van der Waals surface area contributed by atoms with Crippen LogP contribution in [0.25, 0.3) is 5.69 Å². The number of aryl methyl sites for hydroxylation is 2. The zero-order chi connectivity index (χ0) is 17.4. The van der Waals surface area contributed by atoms with E-state index in [1.54, 1.807) is 0 Å². The van der Waals surface area contributed by atoms with Crippen molar-refractivity contribution in [2.75, 3.05) is 13.1 Å². The fourth-order valence-electron chi connectivity index (χ4n) is 4.46. The maximum absolute atomic E-state index is 12.6. The molecule has 2 fully saturated rings. The number of rotatable bonds is 3. The summed E-state index contributed by atoms with van der Waals surface area (Å²) in [6.45, 7) is 6.73. The molecule has 3 heterocycles. The zero-order valence-corrected chi connectivity index (χ0v) is 15.1. The van der Waals surface area contributed by atoms with E-state index in [1.165, 1.54) is 5.56 Å². The largest absolute Gasteiger partial charge is 0.354 e. The third kappa shape index (κ3) is 2.86. The molecule has 2 aliphatic rings. The molecule has 2 aromatic rings. The molecule has 4 rings (SSSR count). The van der Waals surface area contributed by atoms with E-state index < -0.39 is 0 Å². The van der Waals surface area contributed by atoms with Crippen molar-refractivity contribution in [2.24, 2.45) is 0 Å². The van der Waals surface area contributed by atoms with Crippen LogP contribution in [0.5, 0.6) is 0 Å². The monoisotopic (exact) mass is 338 g/mol. The smallest absolute Gasteiger partial charge is 0.240 e. The molecular formula is C20H26N4O. The van der Waals surface area contributed by atoms with Crippen molar-refractivity contribution in [3.8, 4) is 5.69 Å². The van der Waals surface area contributed by atoms with Crippen LogP contribution in [0.4, 0.5) is 0 Å². The van der Waals surface area contributed by atoms with Crippen molar-refractivity contribution in [1.82, 2.24) is 20.0 Å². The van der Waals surface area contributed by atoms with Gasteiger partial charge in [-0.05, 0) is 69.8 Å². The molecule has 132 valence electrons. The average molecular weight is 338 g/mol. The van der Waals surface area contributed by atoms with Crippen LogP contribution in [0.2, 0.25) is 0 Å². The SMILES string of the molecule is Cc1cc(C)n(-c2cccc(CN3CCCC34CCCNC4=O)c2)n1. The molecule has 1 aromatic carbocycles. The molecule has 0 aliphatic carbocycles. The van der Waals surface area contributed by atoms with Gasteiger partial charge in [0.25, 0.3) is 0 Å². The van der Waals surface area contributed by atoms with Crippen LogP contribution in [-0.4, -0.2) is 39.2 Å². The molecule has 25 heavy (non-hydrogen) atoms. The molecule has 2 saturated heterocycles. The predicted octanol–water partition coefficient (Wildman–Crippen LogP) is 2.73. The van der Waals surface area contributed by atoms with E-state index in [0.717, 1.165) is 62.4 Å². The summed E-state index contributed by atoms with van der Waals surface area (Å²) >= 11 is 0. The quantitative estimate of drug-likeness (QED) is 0.936. The molecule has 5 nitrogen and oxygen atoms in total. The lowest BCUT2D eigenvalue weighted by atomic mass is 9.86. The van der Waals surface area contributed by atoms with E-state index in [1.807, 2.05) is 11.6 Å². The number of likely N-dealkylation sites (tertiary alicyclic amines) is 1. The van der Waals surface area contributed by atoms with Crippen LogP contribution in [0.15, 0.2) is 30.3 Å². The number of benzene rings is 1. The molecular weight excluding hydrogens is 312 g/mol. The van der Waals surface area contributed by atoms with Crippen molar-refractivity contribution in [3.63, 3.8) is 0 Å². The molecule has 1 amide bonds. The molecule has 1 unspecified atom stereocenters. The highest BCUT2D eigenvalue weighted by molar-refractivity contribution is 5.87. The van der Waals surface area contributed by atoms with Gasteiger partial charge in [0.2, 0.25) is 5.91 Å². The molecule has 5 heteroatoms. The maximum Gasteiger partial charge on any atom is 0.240 e. The highest BCUT2D eigenvalue weighted by atomic mass is 16.2. The van der Waals surface area contributed by atoms with E-state index in [4.69, 9.17) is 0 Å². The van der Waals surface area contributed by atoms with Gasteiger partial charge in [0.1, 0.15) is 5.54 Å². The Morgan fingerprint density at radius 3 is 2.80 bits per heavy atom. The summed E-state index contributed by atoms with van der Waals surface area (Å²) < 4.78 is 1.99. The van der Waals surface area contributed by atoms with E-state index in [-0.39, 0.29) is 11.4 Å². The Morgan fingerprint density at radius 2 is 2.04 bits per heavy atom. The first-order valence-electron chi connectivity index (χ1n) is 9.24. The first-order chi connectivity index (χ1) is 12.1. The fraction of sp³-hybridized carbons (Fsp3) is 0.500. The lowest BCUT2D eigenvalue weighted by Crippen LogP contribution is -2.58. The number of nitrogens with zero attached hydrogens (tertiary/aromatic N) is 3. The van der Waals surface area contributed by atoms with Crippen molar-refractivity contribution >= 4 is 5.91 Å². The van der Waals surface area contributed by atoms with E-state index in [2.05, 4.69) is 52.6 Å². The number of carbonyl (C=O) groups is 1. The molecule has 2 aliphatic heterocycles. The van der Waals surface area contributed by atoms with Crippen LogP contribution >= 0.6 is 0 Å². The summed E-state index contributed by atoms with van der Waals surface area (Å²) in [7, 11) is 0. The number of piperidine rings is 1. The Bertz CT molecular complexity index is 797. The number of amides is 1. The average Bonchev–Trinajstić information content (AvgIpc) is 3.14. The second-order valence-electron chi connectivity index (χ2n) is 7.42. The van der Waals surface area contributed by atoms with E-state index >= 15 is 0 Å². The van der Waals surface area contributed by atoms with Gasteiger partial charge < -0.3 is 5.32 Å². The summed E-state index contributed by atoms with van der Waals surface area (Å²) in [6.07, 6.45) is 4.14. The first-order valence-corrected chi connectivity index (χ1v) is 9.24. The number of aromatic nitrogens is 2. The molecule has 0 radical (unpaired) electrons. The first kappa shape index (κ1) is 16.3. The Morgan fingerprint density at radius 1 is 1.20 bits per heavy atom. The fourth-order valence-corrected chi connectivity index (χ4v) is 4.46. The highest BCUT2D eigenvalue weighted by Gasteiger charge is 2.48. The molecule has 1 aromatic heterocycles. The molecule has 1 atom stereocenters. The van der Waals surface area contributed by atoms with E-state index in [9.17, 15) is 4.79 Å². The van der Waals surface area contributed by atoms with Gasteiger partial charge in [0, 0.05) is 18.8 Å². The zero-order valence-electron chi connectivity index (χ0n) is 15.1. The number of hydrogen-bond donors (Lipinski definition) is 1. The maximum atomic E-state index is 12.6. The molecule has 1 N–H and O–H groups in total. The van der Waals surface area contributed by atoms with Crippen molar-refractivity contribution in [3.05, 3.63) is 47.3 Å². The Kier molecular flexibility index (Phi) is 4.12. The van der Waals surface area contributed by atoms with Crippen LogP contribution in [0.1, 0.15) is 42.6 Å². The van der Waals surface area contributed by atoms with Gasteiger partial charge in [-0.15, -0.1) is 0 Å². The molecule has 0 bridgehead atoms. The summed E-state index contributed by atoms with van der Waals surface area (Å²) in [5.41, 5.74) is 4.21. The Hall–Kier alpha value is -2.14. The van der Waals surface area contributed by atoms with Gasteiger partial charge >= 0.3 is 0 Å². The van der Waals surface area contributed by atoms with Crippen molar-refractivity contribution in [1.29, 1.82) is 0 Å². The number of hydrogen-bond acceptors (Lipinski definition) is 3. The minimum Gasteiger partial charge on any atom is -0.354 e. The predicted molar refractivity (Wildman–Crippen MR) is 97.7 cm³/mol. The number of nitrogens with one attached hydrogen (secondary N) is 1. The highest BCUT2D eigenvalue weighted by Crippen LogP contribution is 2.36. The number of carbonyl (C=O) groups excluding carboxylic acids is 1. The van der Waals surface area contributed by atoms with Gasteiger partial charge in [-0.3, -0.25) is 9.69 Å². The van der Waals surface area contributed by atoms with Gasteiger partial charge in [0.05, 0.1) is 11.4 Å². The summed E-state index contributed by atoms with van der Waals surface area (Å²) in [5.74, 6) is 0.228. The lowest BCUT2D eigenvalue weighted by Gasteiger charge is -2.40. The second kappa shape index (κ2) is 6.30. The minimum atomic E-state index is -0.285. The summed E-state index contributed by atoms with van der Waals surface area (Å²) in [4.78, 5) is 15.0. The minimum absolute atomic E-state index is 0.228. The van der Waals surface area contributed by atoms with Gasteiger partial charge in [-0.25, -0.2) is 4.68 Å². The van der Waals surface area contributed by atoms with Crippen LogP contribution in [-0.2, 0) is 11.3 Å². The Labute approximate surface area is 149 Å². The van der Waals surface area contributed by atoms with Crippen molar-refractivity contribution in [2.45, 2.75) is 51.6 Å². The third-order valence-corrected chi connectivity index (χ3v) is 5.64. The lowest BCUT2D eigenvalue weighted by molar-refractivity contribution is -0.134. The summed E-state index contributed by atoms with van der Waals surface area (Å²) in [6, 6.07) is 10.6. The standard InChI is InChI=1S/C20H26N4O/c1-15-12-16(2)24(22-15)18-7-3-6-17(13-18)14-23-11-5-9-20(23)8-4-10-21-19(20)25/h3,6-7,12-13H,4-5,8-11,14H2,1-2H3,(H,21,25). The Balaban J connectivity index is 1.60. The van der Waals surface area contributed by atoms with Gasteiger partial charge in [-0.2, -0.15) is 5.10 Å². The molecule has 0 saturated carbocycles. The van der Waals surface area contributed by atoms with Crippen LogP contribution in [0, 0.1) is 13.8 Å². The van der Waals surface area contributed by atoms with Crippen molar-refractivity contribution < 1.29 is 4.79 Å². The van der Waals surface area contributed by atoms with Gasteiger partial charge in [-0.1, -0.05) is 12.1 Å². The normalized spacial score (nSPS) is 24.0. The third-order valence-electron chi connectivity index (χ3n) is 5.64. The summed E-state index contributed by atoms with van der Waals surface area (Å²) in [5, 5.41) is 7.67. The second-order valence-corrected chi connectivity index (χ2v) is 7.42. The van der Waals surface area contributed by atoms with Gasteiger partial charge in [0.15, 0.2) is 0 Å².